The van der Waals surface area contributed by atoms with Crippen molar-refractivity contribution < 1.29 is 8.42 Å². The number of nitrogens with one attached hydrogen (secondary N) is 1. The summed E-state index contributed by atoms with van der Waals surface area (Å²) in [7, 11) is -2.01. The van der Waals surface area contributed by atoms with Gasteiger partial charge in [-0.3, -0.25) is 9.40 Å². The van der Waals surface area contributed by atoms with E-state index in [1.54, 1.807) is 40.8 Å². The Labute approximate surface area is 161 Å². The molecule has 0 radical (unpaired) electrons. The van der Waals surface area contributed by atoms with Crippen LogP contribution in [0, 0.1) is 0 Å². The number of para-hydroxylation sites is 1. The van der Waals surface area contributed by atoms with Gasteiger partial charge in [-0.15, -0.1) is 0 Å². The highest BCUT2D eigenvalue weighted by Crippen LogP contribution is 2.39. The lowest BCUT2D eigenvalue weighted by Crippen LogP contribution is -2.14. The summed E-state index contributed by atoms with van der Waals surface area (Å²) in [4.78, 5) is 4.37. The molecule has 0 aliphatic heterocycles. The molecule has 142 valence electrons. The maximum absolute atomic E-state index is 12.8. The van der Waals surface area contributed by atoms with Crippen molar-refractivity contribution >= 4 is 26.6 Å². The number of fused-ring (bicyclic) bond motifs is 1. The fraction of sp³-hybridized carbons (Fsp3) is 0.211. The second kappa shape index (κ2) is 6.16. The third-order valence-electron chi connectivity index (χ3n) is 4.92. The summed E-state index contributed by atoms with van der Waals surface area (Å²) in [5, 5.41) is 9.37. The molecule has 0 spiro atoms. The van der Waals surface area contributed by atoms with Gasteiger partial charge in [0.25, 0.3) is 10.0 Å². The summed E-state index contributed by atoms with van der Waals surface area (Å²) in [5.41, 5.74) is 2.40. The van der Waals surface area contributed by atoms with Crippen LogP contribution < -0.4 is 4.72 Å². The number of sulfonamides is 1. The molecule has 8 nitrogen and oxygen atoms in total. The van der Waals surface area contributed by atoms with E-state index in [1.807, 2.05) is 18.5 Å². The van der Waals surface area contributed by atoms with Crippen molar-refractivity contribution in [1.29, 1.82) is 0 Å². The molecule has 1 saturated carbocycles. The van der Waals surface area contributed by atoms with Crippen LogP contribution in [-0.4, -0.2) is 33.0 Å². The van der Waals surface area contributed by atoms with Crippen molar-refractivity contribution in [1.82, 2.24) is 24.5 Å². The van der Waals surface area contributed by atoms with Crippen LogP contribution in [0.4, 0.5) is 5.69 Å². The van der Waals surface area contributed by atoms with E-state index < -0.39 is 10.0 Å². The third-order valence-corrected chi connectivity index (χ3v) is 6.27. The number of hydrogen-bond donors (Lipinski definition) is 1. The van der Waals surface area contributed by atoms with Gasteiger partial charge in [-0.2, -0.15) is 10.2 Å². The molecule has 4 aromatic rings. The van der Waals surface area contributed by atoms with Crippen molar-refractivity contribution in [3.8, 4) is 5.82 Å². The molecule has 28 heavy (non-hydrogen) atoms. The molecule has 0 bridgehead atoms. The second-order valence-electron chi connectivity index (χ2n) is 6.96. The monoisotopic (exact) mass is 394 g/mol. The van der Waals surface area contributed by atoms with Crippen LogP contribution in [-0.2, 0) is 17.1 Å². The Bertz CT molecular complexity index is 1270. The van der Waals surface area contributed by atoms with E-state index in [0.717, 1.165) is 10.9 Å². The molecule has 0 unspecified atom stereocenters. The van der Waals surface area contributed by atoms with Crippen molar-refractivity contribution in [2.75, 3.05) is 4.72 Å². The molecule has 1 N–H and O–H groups in total. The zero-order chi connectivity index (χ0) is 19.3. The first kappa shape index (κ1) is 16.9. The molecule has 1 aliphatic rings. The first-order valence-electron chi connectivity index (χ1n) is 8.96. The highest BCUT2D eigenvalue weighted by atomic mass is 32.2. The Hall–Kier alpha value is -3.20. The van der Waals surface area contributed by atoms with Gasteiger partial charge in [0.1, 0.15) is 4.90 Å². The number of rotatable bonds is 5. The van der Waals surface area contributed by atoms with Gasteiger partial charge in [-0.05, 0) is 42.5 Å². The van der Waals surface area contributed by atoms with Gasteiger partial charge < -0.3 is 0 Å². The molecule has 0 atom stereocenters. The van der Waals surface area contributed by atoms with Crippen LogP contribution >= 0.6 is 0 Å². The molecule has 9 heteroatoms. The van der Waals surface area contributed by atoms with Gasteiger partial charge in [-0.25, -0.2) is 18.1 Å². The Morgan fingerprint density at radius 2 is 1.93 bits per heavy atom. The van der Waals surface area contributed by atoms with Crippen LogP contribution in [0.5, 0.6) is 0 Å². The summed E-state index contributed by atoms with van der Waals surface area (Å²) in [6, 6.07) is 8.58. The number of nitrogens with zero attached hydrogens (tertiary/aromatic N) is 5. The summed E-state index contributed by atoms with van der Waals surface area (Å²) < 4.78 is 31.6. The van der Waals surface area contributed by atoms with Crippen molar-refractivity contribution in [2.24, 2.45) is 7.05 Å². The van der Waals surface area contributed by atoms with E-state index in [2.05, 4.69) is 19.9 Å². The minimum absolute atomic E-state index is 0.0880. The Kier molecular flexibility index (Phi) is 3.73. The summed E-state index contributed by atoms with van der Waals surface area (Å²) in [6.45, 7) is 0. The number of anilines is 1. The molecule has 1 fully saturated rings. The number of hydrogen-bond acceptors (Lipinski definition) is 5. The fourth-order valence-corrected chi connectivity index (χ4v) is 4.29. The van der Waals surface area contributed by atoms with E-state index in [0.29, 0.717) is 17.4 Å². The lowest BCUT2D eigenvalue weighted by molar-refractivity contribution is 0.600. The fourth-order valence-electron chi connectivity index (χ4n) is 3.28. The van der Waals surface area contributed by atoms with Crippen LogP contribution in [0.15, 0.2) is 60.0 Å². The zero-order valence-electron chi connectivity index (χ0n) is 15.1. The van der Waals surface area contributed by atoms with Gasteiger partial charge in [0.15, 0.2) is 5.82 Å². The van der Waals surface area contributed by atoms with Crippen LogP contribution in [0.25, 0.3) is 16.7 Å². The number of aromatic nitrogens is 5. The van der Waals surface area contributed by atoms with Crippen molar-refractivity contribution in [2.45, 2.75) is 23.7 Å². The molecule has 0 saturated heterocycles. The highest BCUT2D eigenvalue weighted by Gasteiger charge is 2.25. The van der Waals surface area contributed by atoms with Crippen molar-refractivity contribution in [3.63, 3.8) is 0 Å². The predicted octanol–water partition coefficient (Wildman–Crippen LogP) is 2.83. The van der Waals surface area contributed by atoms with Gasteiger partial charge in [0.05, 0.1) is 23.6 Å². The normalized spacial score (nSPS) is 14.5. The Morgan fingerprint density at radius 3 is 2.68 bits per heavy atom. The van der Waals surface area contributed by atoms with Gasteiger partial charge in [0.2, 0.25) is 0 Å². The maximum atomic E-state index is 12.8. The number of pyridine rings is 1. The largest absolute Gasteiger partial charge is 0.277 e. The van der Waals surface area contributed by atoms with Crippen LogP contribution in [0.1, 0.15) is 24.3 Å². The lowest BCUT2D eigenvalue weighted by Gasteiger charge is -2.10. The SMILES string of the molecule is Cn1ncc2cccc(NS(=O)(=O)c3ccc(-n4cc(C5CC5)cn4)nc3)c21. The minimum atomic E-state index is -3.78. The van der Waals surface area contributed by atoms with Crippen molar-refractivity contribution in [3.05, 3.63) is 60.7 Å². The van der Waals surface area contributed by atoms with E-state index in [4.69, 9.17) is 0 Å². The standard InChI is InChI=1S/C19H18N6O2S/c1-24-19-14(9-21-24)3-2-4-17(19)23-28(26,27)16-7-8-18(20-11-16)25-12-15(10-22-25)13-5-6-13/h2-4,7-13,23H,5-6H2,1H3. The quantitative estimate of drug-likeness (QED) is 0.562. The van der Waals surface area contributed by atoms with Gasteiger partial charge >= 0.3 is 0 Å². The zero-order valence-corrected chi connectivity index (χ0v) is 16.0. The Balaban J connectivity index is 1.43. The second-order valence-corrected chi connectivity index (χ2v) is 8.64. The van der Waals surface area contributed by atoms with E-state index in [9.17, 15) is 8.42 Å². The summed E-state index contributed by atoms with van der Waals surface area (Å²) in [6.07, 6.45) is 9.25. The molecule has 5 rings (SSSR count). The highest BCUT2D eigenvalue weighted by molar-refractivity contribution is 7.92. The summed E-state index contributed by atoms with van der Waals surface area (Å²) in [5.74, 6) is 1.19. The number of aryl methyl sites for hydroxylation is 1. The van der Waals surface area contributed by atoms with E-state index in [1.165, 1.54) is 30.7 Å². The maximum Gasteiger partial charge on any atom is 0.263 e. The molecular weight excluding hydrogens is 376 g/mol. The third kappa shape index (κ3) is 2.93. The van der Waals surface area contributed by atoms with Gasteiger partial charge in [-0.1, -0.05) is 12.1 Å². The topological polar surface area (TPSA) is 94.7 Å². The molecular formula is C19H18N6O2S. The van der Waals surface area contributed by atoms with Crippen LogP contribution in [0.3, 0.4) is 0 Å². The molecule has 1 aromatic carbocycles. The van der Waals surface area contributed by atoms with Crippen LogP contribution in [0.2, 0.25) is 0 Å². The first-order valence-corrected chi connectivity index (χ1v) is 10.4. The first-order chi connectivity index (χ1) is 13.5. The summed E-state index contributed by atoms with van der Waals surface area (Å²) >= 11 is 0. The Morgan fingerprint density at radius 1 is 1.07 bits per heavy atom. The van der Waals surface area contributed by atoms with E-state index >= 15 is 0 Å². The molecule has 0 amide bonds. The molecule has 3 aromatic heterocycles. The number of benzene rings is 1. The smallest absolute Gasteiger partial charge is 0.263 e. The van der Waals surface area contributed by atoms with Gasteiger partial charge in [0, 0.05) is 24.8 Å². The lowest BCUT2D eigenvalue weighted by atomic mass is 10.2. The average Bonchev–Trinajstić information content (AvgIpc) is 3.29. The average molecular weight is 394 g/mol. The molecule has 1 aliphatic carbocycles. The molecule has 3 heterocycles. The van der Waals surface area contributed by atoms with E-state index in [-0.39, 0.29) is 4.90 Å². The predicted molar refractivity (Wildman–Crippen MR) is 105 cm³/mol. The minimum Gasteiger partial charge on any atom is -0.277 e.